The molecule has 7 aromatic rings. The highest BCUT2D eigenvalue weighted by Crippen LogP contribution is 2.31. The number of nitrogens with two attached hydrogens (primary N) is 1. The molecule has 3 aromatic carbocycles. The molecular weight excluding hydrogens is 583 g/mol. The topological polar surface area (TPSA) is 137 Å². The minimum atomic E-state index is -0.735. The summed E-state index contributed by atoms with van der Waals surface area (Å²) in [6, 6.07) is 30.4. The number of H-pyrrole nitrogens is 1. The van der Waals surface area contributed by atoms with E-state index in [4.69, 9.17) is 15.7 Å². The molecular formula is C35H27FN8O2. The van der Waals surface area contributed by atoms with Gasteiger partial charge in [-0.2, -0.15) is 0 Å². The molecule has 0 saturated heterocycles. The number of imidazole rings is 1. The number of hydrogen-bond donors (Lipinski definition) is 3. The highest BCUT2D eigenvalue weighted by atomic mass is 19.1. The first-order valence-electron chi connectivity index (χ1n) is 14.5. The van der Waals surface area contributed by atoms with Crippen molar-refractivity contribution in [3.63, 3.8) is 0 Å². The molecule has 0 fully saturated rings. The zero-order valence-electron chi connectivity index (χ0n) is 24.6. The molecule has 46 heavy (non-hydrogen) atoms. The number of aromatic nitrogens is 6. The fourth-order valence-electron chi connectivity index (χ4n) is 5.33. The molecule has 10 nitrogen and oxygen atoms in total. The second-order valence-electron chi connectivity index (χ2n) is 10.7. The van der Waals surface area contributed by atoms with Crippen molar-refractivity contribution < 1.29 is 9.18 Å². The van der Waals surface area contributed by atoms with Crippen LogP contribution in [0.3, 0.4) is 0 Å². The number of anilines is 1. The van der Waals surface area contributed by atoms with E-state index in [2.05, 4.69) is 15.4 Å². The highest BCUT2D eigenvalue weighted by molar-refractivity contribution is 5.94. The van der Waals surface area contributed by atoms with Crippen molar-refractivity contribution in [1.82, 2.24) is 34.6 Å². The van der Waals surface area contributed by atoms with Gasteiger partial charge in [-0.3, -0.25) is 19.3 Å². The van der Waals surface area contributed by atoms with Crippen LogP contribution in [0.15, 0.2) is 114 Å². The van der Waals surface area contributed by atoms with Gasteiger partial charge in [-0.05, 0) is 61.0 Å². The van der Waals surface area contributed by atoms with Crippen molar-refractivity contribution >= 4 is 22.9 Å². The Bertz CT molecular complexity index is 2290. The van der Waals surface area contributed by atoms with Crippen molar-refractivity contribution in [2.75, 3.05) is 5.73 Å². The summed E-state index contributed by atoms with van der Waals surface area (Å²) in [6.07, 6.45) is 1.63. The predicted molar refractivity (Wildman–Crippen MR) is 174 cm³/mol. The Morgan fingerprint density at radius 2 is 1.70 bits per heavy atom. The largest absolute Gasteiger partial charge is 0.383 e. The van der Waals surface area contributed by atoms with E-state index in [1.165, 1.54) is 22.9 Å². The zero-order valence-corrected chi connectivity index (χ0v) is 24.6. The molecule has 0 bridgehead atoms. The number of benzene rings is 3. The number of aryl methyl sites for hydroxylation is 1. The Balaban J connectivity index is 1.17. The number of pyridine rings is 2. The van der Waals surface area contributed by atoms with Crippen molar-refractivity contribution in [1.29, 1.82) is 0 Å². The van der Waals surface area contributed by atoms with Crippen LogP contribution in [0.4, 0.5) is 10.2 Å². The van der Waals surface area contributed by atoms with Crippen molar-refractivity contribution in [2.24, 2.45) is 0 Å². The standard InChI is InChI=1S/C35H27FN8O2/c1-21-18-31(45)44(42-21)25-13-14-26(28(36)19-25)35(46)39-20-22-9-11-24(12-10-22)43-33(27-8-5-17-38-32(27)37)41-30-16-15-29(40-34(30)43)23-6-3-2-4-7-23/h2-19,42H,20H2,1H3,(H2,37,38)(H,39,46). The van der Waals surface area contributed by atoms with Crippen LogP contribution in [0.5, 0.6) is 0 Å². The lowest BCUT2D eigenvalue weighted by Crippen LogP contribution is -2.24. The second-order valence-corrected chi connectivity index (χ2v) is 10.7. The molecule has 0 spiro atoms. The van der Waals surface area contributed by atoms with E-state index < -0.39 is 11.7 Å². The van der Waals surface area contributed by atoms with Gasteiger partial charge in [0.05, 0.1) is 22.5 Å². The molecule has 1 amide bonds. The lowest BCUT2D eigenvalue weighted by atomic mass is 10.1. The van der Waals surface area contributed by atoms with Crippen LogP contribution in [0.25, 0.3) is 45.2 Å². The van der Waals surface area contributed by atoms with Crippen LogP contribution in [0.2, 0.25) is 0 Å². The molecule has 4 heterocycles. The number of carbonyl (C=O) groups excluding carboxylic acids is 1. The lowest BCUT2D eigenvalue weighted by Gasteiger charge is -2.12. The normalized spacial score (nSPS) is 11.2. The van der Waals surface area contributed by atoms with Crippen LogP contribution in [-0.4, -0.2) is 35.2 Å². The van der Waals surface area contributed by atoms with Crippen molar-refractivity contribution in [3.8, 4) is 34.0 Å². The maximum Gasteiger partial charge on any atom is 0.271 e. The summed E-state index contributed by atoms with van der Waals surface area (Å²) in [6.45, 7) is 1.90. The molecule has 226 valence electrons. The number of fused-ring (bicyclic) bond motifs is 1. The molecule has 7 rings (SSSR count). The van der Waals surface area contributed by atoms with E-state index in [0.717, 1.165) is 28.6 Å². The molecule has 4 N–H and O–H groups in total. The number of rotatable bonds is 7. The third kappa shape index (κ3) is 5.30. The Morgan fingerprint density at radius 3 is 2.41 bits per heavy atom. The molecule has 0 aliphatic heterocycles. The van der Waals surface area contributed by atoms with Gasteiger partial charge in [0.2, 0.25) is 0 Å². The van der Waals surface area contributed by atoms with Crippen LogP contribution in [0, 0.1) is 12.7 Å². The molecule has 0 atom stereocenters. The zero-order chi connectivity index (χ0) is 31.8. The first kappa shape index (κ1) is 28.4. The summed E-state index contributed by atoms with van der Waals surface area (Å²) in [5, 5.41) is 5.62. The average molecular weight is 611 g/mol. The number of halogens is 1. The molecule has 0 radical (unpaired) electrons. The number of aromatic amines is 1. The number of nitrogens with one attached hydrogen (secondary N) is 2. The fraction of sp³-hybridized carbons (Fsp3) is 0.0571. The first-order valence-corrected chi connectivity index (χ1v) is 14.5. The highest BCUT2D eigenvalue weighted by Gasteiger charge is 2.19. The lowest BCUT2D eigenvalue weighted by molar-refractivity contribution is 0.0947. The molecule has 0 aliphatic rings. The van der Waals surface area contributed by atoms with Gasteiger partial charge in [0.15, 0.2) is 11.5 Å². The van der Waals surface area contributed by atoms with Gasteiger partial charge in [0, 0.05) is 41.8 Å². The predicted octanol–water partition coefficient (Wildman–Crippen LogP) is 5.59. The molecule has 0 unspecified atom stereocenters. The summed E-state index contributed by atoms with van der Waals surface area (Å²) in [5.74, 6) is -0.371. The average Bonchev–Trinajstić information content (AvgIpc) is 3.62. The van der Waals surface area contributed by atoms with Gasteiger partial charge >= 0.3 is 0 Å². The Hall–Kier alpha value is -6.36. The van der Waals surface area contributed by atoms with E-state index in [0.29, 0.717) is 39.8 Å². The summed E-state index contributed by atoms with van der Waals surface area (Å²) < 4.78 is 18.1. The third-order valence-electron chi connectivity index (χ3n) is 7.61. The number of nitrogen functional groups attached to an aromatic ring is 1. The Morgan fingerprint density at radius 1 is 0.913 bits per heavy atom. The molecule has 11 heteroatoms. The summed E-state index contributed by atoms with van der Waals surface area (Å²) in [5.41, 5.74) is 12.1. The Labute approximate surface area is 262 Å². The van der Waals surface area contributed by atoms with Crippen molar-refractivity contribution in [3.05, 3.63) is 142 Å². The minimum Gasteiger partial charge on any atom is -0.383 e. The number of amides is 1. The number of nitrogens with zero attached hydrogens (tertiary/aromatic N) is 5. The minimum absolute atomic E-state index is 0.124. The van der Waals surface area contributed by atoms with Crippen LogP contribution >= 0.6 is 0 Å². The molecule has 0 aliphatic carbocycles. The Kier molecular flexibility index (Phi) is 7.18. The van der Waals surface area contributed by atoms with E-state index in [9.17, 15) is 14.0 Å². The third-order valence-corrected chi connectivity index (χ3v) is 7.61. The van der Waals surface area contributed by atoms with Gasteiger partial charge in [0.1, 0.15) is 17.2 Å². The van der Waals surface area contributed by atoms with Gasteiger partial charge in [-0.25, -0.2) is 24.0 Å². The first-order chi connectivity index (χ1) is 22.4. The maximum atomic E-state index is 14.9. The smallest absolute Gasteiger partial charge is 0.271 e. The van der Waals surface area contributed by atoms with Gasteiger partial charge in [-0.1, -0.05) is 42.5 Å². The molecule has 4 aromatic heterocycles. The summed E-state index contributed by atoms with van der Waals surface area (Å²) in [4.78, 5) is 39.1. The fourth-order valence-corrected chi connectivity index (χ4v) is 5.33. The van der Waals surface area contributed by atoms with E-state index in [1.807, 2.05) is 77.4 Å². The van der Waals surface area contributed by atoms with Crippen LogP contribution in [-0.2, 0) is 6.54 Å². The second kappa shape index (κ2) is 11.6. The summed E-state index contributed by atoms with van der Waals surface area (Å²) >= 11 is 0. The van der Waals surface area contributed by atoms with Crippen LogP contribution < -0.4 is 16.6 Å². The summed E-state index contributed by atoms with van der Waals surface area (Å²) in [7, 11) is 0. The van der Waals surface area contributed by atoms with Crippen molar-refractivity contribution in [2.45, 2.75) is 13.5 Å². The quantitative estimate of drug-likeness (QED) is 0.215. The number of carbonyl (C=O) groups is 1. The van der Waals surface area contributed by atoms with E-state index in [-0.39, 0.29) is 17.7 Å². The number of hydrogen-bond acceptors (Lipinski definition) is 6. The van der Waals surface area contributed by atoms with Crippen LogP contribution in [0.1, 0.15) is 21.6 Å². The van der Waals surface area contributed by atoms with Gasteiger partial charge in [-0.15, -0.1) is 0 Å². The van der Waals surface area contributed by atoms with E-state index in [1.54, 1.807) is 19.2 Å². The van der Waals surface area contributed by atoms with Gasteiger partial charge < -0.3 is 11.1 Å². The monoisotopic (exact) mass is 610 g/mol. The molecule has 0 saturated carbocycles. The van der Waals surface area contributed by atoms with E-state index >= 15 is 0 Å². The maximum absolute atomic E-state index is 14.9. The SMILES string of the molecule is Cc1cc(=O)n(-c2ccc(C(=O)NCc3ccc(-n4c(-c5cccnc5N)nc5ccc(-c6ccccc6)nc54)cc3)c(F)c2)[nH]1. The van der Waals surface area contributed by atoms with Gasteiger partial charge in [0.25, 0.3) is 11.5 Å².